The highest BCUT2D eigenvalue weighted by molar-refractivity contribution is 7.12. The normalized spacial score (nSPS) is 17.4. The van der Waals surface area contributed by atoms with Crippen LogP contribution in [0.4, 0.5) is 0 Å². The molecule has 0 aromatic carbocycles. The number of aryl methyl sites for hydroxylation is 1. The van der Waals surface area contributed by atoms with E-state index in [1.165, 1.54) is 0 Å². The molecule has 0 radical (unpaired) electrons. The Labute approximate surface area is 107 Å². The van der Waals surface area contributed by atoms with E-state index in [1.807, 2.05) is 30.3 Å². The van der Waals surface area contributed by atoms with Gasteiger partial charge in [-0.2, -0.15) is 0 Å². The molecule has 0 spiro atoms. The maximum absolute atomic E-state index is 12.3. The Balaban J connectivity index is 1.93. The Morgan fingerprint density at radius 1 is 1.53 bits per heavy atom. The van der Waals surface area contributed by atoms with Crippen LogP contribution in [0.3, 0.4) is 0 Å². The minimum Gasteiger partial charge on any atom is -0.338 e. The van der Waals surface area contributed by atoms with Gasteiger partial charge in [0.15, 0.2) is 0 Å². The topological polar surface area (TPSA) is 32.3 Å². The van der Waals surface area contributed by atoms with Crippen molar-refractivity contribution in [3.8, 4) is 0 Å². The van der Waals surface area contributed by atoms with Crippen molar-refractivity contribution < 1.29 is 4.79 Å². The van der Waals surface area contributed by atoms with Gasteiger partial charge in [0.25, 0.3) is 5.91 Å². The number of hydrogen-bond acceptors (Lipinski definition) is 3. The van der Waals surface area contributed by atoms with Gasteiger partial charge in [-0.3, -0.25) is 4.79 Å². The first kappa shape index (κ1) is 12.6. The van der Waals surface area contributed by atoms with Gasteiger partial charge in [0.1, 0.15) is 0 Å². The van der Waals surface area contributed by atoms with E-state index >= 15 is 0 Å². The molecule has 3 nitrogen and oxygen atoms in total. The van der Waals surface area contributed by atoms with E-state index in [4.69, 9.17) is 0 Å². The molecular formula is C13H20N2OS. The van der Waals surface area contributed by atoms with E-state index in [9.17, 15) is 4.79 Å². The highest BCUT2D eigenvalue weighted by Gasteiger charge is 2.24. The monoisotopic (exact) mass is 252 g/mol. The molecule has 1 amide bonds. The largest absolute Gasteiger partial charge is 0.338 e. The second kappa shape index (κ2) is 5.65. The van der Waals surface area contributed by atoms with Gasteiger partial charge in [0.05, 0.1) is 4.88 Å². The lowest BCUT2D eigenvalue weighted by atomic mass is 9.96. The summed E-state index contributed by atoms with van der Waals surface area (Å²) in [5, 5.41) is 5.21. The van der Waals surface area contributed by atoms with Crippen molar-refractivity contribution in [2.45, 2.75) is 19.8 Å². The summed E-state index contributed by atoms with van der Waals surface area (Å²) >= 11 is 1.56. The summed E-state index contributed by atoms with van der Waals surface area (Å²) in [4.78, 5) is 15.2. The van der Waals surface area contributed by atoms with Crippen molar-refractivity contribution in [1.29, 1.82) is 0 Å². The van der Waals surface area contributed by atoms with Crippen LogP contribution in [0.2, 0.25) is 0 Å². The quantitative estimate of drug-likeness (QED) is 0.894. The van der Waals surface area contributed by atoms with Crippen molar-refractivity contribution in [3.63, 3.8) is 0 Å². The Kier molecular flexibility index (Phi) is 4.18. The van der Waals surface area contributed by atoms with E-state index in [1.54, 1.807) is 11.3 Å². The van der Waals surface area contributed by atoms with E-state index < -0.39 is 0 Å². The molecule has 1 fully saturated rings. The molecule has 4 heteroatoms. The Morgan fingerprint density at radius 2 is 2.24 bits per heavy atom. The minimum absolute atomic E-state index is 0.223. The maximum Gasteiger partial charge on any atom is 0.264 e. The standard InChI is InChI=1S/C13H20N2OS/c1-10-5-8-17-12(10)13(16)15-6-3-11(4-7-15)9-14-2/h5,8,11,14H,3-4,6-7,9H2,1-2H3. The number of carbonyl (C=O) groups is 1. The number of hydrogen-bond donors (Lipinski definition) is 1. The first-order valence-corrected chi connectivity index (χ1v) is 7.08. The molecule has 94 valence electrons. The fraction of sp³-hybridized carbons (Fsp3) is 0.615. The smallest absolute Gasteiger partial charge is 0.264 e. The molecule has 17 heavy (non-hydrogen) atoms. The van der Waals surface area contributed by atoms with Crippen molar-refractivity contribution >= 4 is 17.2 Å². The summed E-state index contributed by atoms with van der Waals surface area (Å²) in [5.74, 6) is 0.953. The molecule has 0 saturated carbocycles. The summed E-state index contributed by atoms with van der Waals surface area (Å²) < 4.78 is 0. The van der Waals surface area contributed by atoms with Crippen LogP contribution in [0.25, 0.3) is 0 Å². The fourth-order valence-electron chi connectivity index (χ4n) is 2.36. The van der Waals surface area contributed by atoms with E-state index in [-0.39, 0.29) is 5.91 Å². The zero-order valence-electron chi connectivity index (χ0n) is 10.5. The third kappa shape index (κ3) is 2.87. The first-order valence-electron chi connectivity index (χ1n) is 6.20. The van der Waals surface area contributed by atoms with Gasteiger partial charge in [-0.25, -0.2) is 0 Å². The Hall–Kier alpha value is -0.870. The number of nitrogens with zero attached hydrogens (tertiary/aromatic N) is 1. The molecule has 1 aliphatic rings. The molecule has 1 N–H and O–H groups in total. The van der Waals surface area contributed by atoms with Crippen LogP contribution in [0, 0.1) is 12.8 Å². The van der Waals surface area contributed by atoms with Crippen molar-refractivity contribution in [2.75, 3.05) is 26.7 Å². The lowest BCUT2D eigenvalue weighted by molar-refractivity contribution is 0.0695. The second-order valence-electron chi connectivity index (χ2n) is 4.73. The molecule has 1 saturated heterocycles. The van der Waals surface area contributed by atoms with Gasteiger partial charge < -0.3 is 10.2 Å². The summed E-state index contributed by atoms with van der Waals surface area (Å²) in [7, 11) is 1.99. The summed E-state index contributed by atoms with van der Waals surface area (Å²) in [6.07, 6.45) is 2.24. The molecule has 1 aromatic rings. The third-order valence-corrected chi connectivity index (χ3v) is 4.46. The number of rotatable bonds is 3. The average Bonchev–Trinajstić information content (AvgIpc) is 2.76. The summed E-state index contributed by atoms with van der Waals surface area (Å²) in [6, 6.07) is 2.02. The predicted octanol–water partition coefficient (Wildman–Crippen LogP) is 2.13. The zero-order chi connectivity index (χ0) is 12.3. The molecule has 1 aromatic heterocycles. The zero-order valence-corrected chi connectivity index (χ0v) is 11.3. The van der Waals surface area contributed by atoms with Crippen LogP contribution in [0.15, 0.2) is 11.4 Å². The predicted molar refractivity (Wildman–Crippen MR) is 71.6 cm³/mol. The van der Waals surface area contributed by atoms with E-state index in [0.29, 0.717) is 0 Å². The van der Waals surface area contributed by atoms with Gasteiger partial charge in [-0.15, -0.1) is 11.3 Å². The fourth-order valence-corrected chi connectivity index (χ4v) is 3.26. The lowest BCUT2D eigenvalue weighted by Crippen LogP contribution is -2.40. The highest BCUT2D eigenvalue weighted by atomic mass is 32.1. The molecule has 0 unspecified atom stereocenters. The number of likely N-dealkylation sites (tertiary alicyclic amines) is 1. The van der Waals surface area contributed by atoms with Crippen LogP contribution in [-0.4, -0.2) is 37.5 Å². The van der Waals surface area contributed by atoms with Crippen LogP contribution < -0.4 is 5.32 Å². The molecule has 2 rings (SSSR count). The molecule has 1 aliphatic heterocycles. The number of thiophene rings is 1. The number of carbonyl (C=O) groups excluding carboxylic acids is 1. The van der Waals surface area contributed by atoms with Crippen molar-refractivity contribution in [1.82, 2.24) is 10.2 Å². The van der Waals surface area contributed by atoms with Gasteiger partial charge in [0, 0.05) is 13.1 Å². The number of amides is 1. The maximum atomic E-state index is 12.3. The molecule has 0 aliphatic carbocycles. The summed E-state index contributed by atoms with van der Waals surface area (Å²) in [6.45, 7) is 4.89. The third-order valence-electron chi connectivity index (χ3n) is 3.45. The van der Waals surface area contributed by atoms with Gasteiger partial charge in [-0.1, -0.05) is 0 Å². The van der Waals surface area contributed by atoms with Crippen LogP contribution in [0.5, 0.6) is 0 Å². The molecule has 2 heterocycles. The number of nitrogens with one attached hydrogen (secondary N) is 1. The van der Waals surface area contributed by atoms with Gasteiger partial charge in [0.2, 0.25) is 0 Å². The van der Waals surface area contributed by atoms with Crippen molar-refractivity contribution in [3.05, 3.63) is 21.9 Å². The molecule has 0 atom stereocenters. The Bertz CT molecular complexity index is 381. The number of piperidine rings is 1. The average molecular weight is 252 g/mol. The Morgan fingerprint density at radius 3 is 2.76 bits per heavy atom. The molecule has 0 bridgehead atoms. The summed E-state index contributed by atoms with van der Waals surface area (Å²) in [5.41, 5.74) is 1.11. The lowest BCUT2D eigenvalue weighted by Gasteiger charge is -2.31. The SMILES string of the molecule is CNCC1CCN(C(=O)c2sccc2C)CC1. The van der Waals surface area contributed by atoms with E-state index in [0.717, 1.165) is 48.8 Å². The van der Waals surface area contributed by atoms with Crippen LogP contribution in [-0.2, 0) is 0 Å². The second-order valence-corrected chi connectivity index (χ2v) is 5.64. The first-order chi connectivity index (χ1) is 8.22. The highest BCUT2D eigenvalue weighted by Crippen LogP contribution is 2.22. The molecular weight excluding hydrogens is 232 g/mol. The van der Waals surface area contributed by atoms with Gasteiger partial charge >= 0.3 is 0 Å². The minimum atomic E-state index is 0.223. The van der Waals surface area contributed by atoms with Gasteiger partial charge in [-0.05, 0) is 56.3 Å². The van der Waals surface area contributed by atoms with E-state index in [2.05, 4.69) is 5.32 Å². The van der Waals surface area contributed by atoms with Crippen LogP contribution in [0.1, 0.15) is 28.1 Å². The van der Waals surface area contributed by atoms with Crippen molar-refractivity contribution in [2.24, 2.45) is 5.92 Å². The van der Waals surface area contributed by atoms with Crippen LogP contribution >= 0.6 is 11.3 Å².